The molecule has 0 aliphatic carbocycles. The van der Waals surface area contributed by atoms with Crippen molar-refractivity contribution in [1.82, 2.24) is 0 Å². The molecule has 0 fully saturated rings. The molecule has 2 N–H and O–H groups in total. The Morgan fingerprint density at radius 2 is 1.53 bits per heavy atom. The number of rotatable bonds is 11. The van der Waals surface area contributed by atoms with Gasteiger partial charge in [0.2, 0.25) is 0 Å². The molecule has 0 aromatic carbocycles. The Morgan fingerprint density at radius 3 is 2.07 bits per heavy atom. The summed E-state index contributed by atoms with van der Waals surface area (Å²) in [6, 6.07) is 0.342. The van der Waals surface area contributed by atoms with E-state index in [0.717, 1.165) is 45.5 Å². The summed E-state index contributed by atoms with van der Waals surface area (Å²) < 4.78 is 10.8. The Bertz CT molecular complexity index is 120. The van der Waals surface area contributed by atoms with Crippen LogP contribution in [-0.2, 0) is 9.47 Å². The lowest BCUT2D eigenvalue weighted by Gasteiger charge is -2.08. The van der Waals surface area contributed by atoms with Crippen molar-refractivity contribution in [2.75, 3.05) is 26.4 Å². The minimum atomic E-state index is 0.342. The summed E-state index contributed by atoms with van der Waals surface area (Å²) in [5.41, 5.74) is 5.79. The van der Waals surface area contributed by atoms with Crippen LogP contribution >= 0.6 is 0 Å². The van der Waals surface area contributed by atoms with Crippen LogP contribution in [0.25, 0.3) is 0 Å². The van der Waals surface area contributed by atoms with E-state index in [1.807, 2.05) is 0 Å². The zero-order chi connectivity index (χ0) is 11.4. The maximum atomic E-state index is 5.79. The van der Waals surface area contributed by atoms with Crippen molar-refractivity contribution < 1.29 is 9.47 Å². The summed E-state index contributed by atoms with van der Waals surface area (Å²) in [6.07, 6.45) is 5.51. The molecule has 0 heterocycles. The van der Waals surface area contributed by atoms with Crippen LogP contribution in [0.5, 0.6) is 0 Å². The number of hydrogen-bond donors (Lipinski definition) is 1. The standard InChI is InChI=1S/C12H27NO2/c1-3-5-8-14-10-11-15-9-6-7-12(13)4-2/h12H,3-11,13H2,1-2H3. The summed E-state index contributed by atoms with van der Waals surface area (Å²) in [7, 11) is 0. The van der Waals surface area contributed by atoms with E-state index in [-0.39, 0.29) is 0 Å². The van der Waals surface area contributed by atoms with Gasteiger partial charge in [-0.05, 0) is 25.7 Å². The van der Waals surface area contributed by atoms with Crippen molar-refractivity contribution in [3.05, 3.63) is 0 Å². The molecule has 0 amide bonds. The van der Waals surface area contributed by atoms with Gasteiger partial charge in [0.1, 0.15) is 0 Å². The highest BCUT2D eigenvalue weighted by atomic mass is 16.5. The van der Waals surface area contributed by atoms with Crippen LogP contribution in [0, 0.1) is 0 Å². The zero-order valence-corrected chi connectivity index (χ0v) is 10.3. The summed E-state index contributed by atoms with van der Waals surface area (Å²) >= 11 is 0. The first-order chi connectivity index (χ1) is 7.31. The van der Waals surface area contributed by atoms with E-state index in [9.17, 15) is 0 Å². The van der Waals surface area contributed by atoms with Gasteiger partial charge in [-0.25, -0.2) is 0 Å². The minimum Gasteiger partial charge on any atom is -0.379 e. The molecule has 0 saturated heterocycles. The van der Waals surface area contributed by atoms with Crippen LogP contribution in [0.2, 0.25) is 0 Å². The molecular weight excluding hydrogens is 190 g/mol. The molecule has 0 spiro atoms. The second-order valence-electron chi connectivity index (χ2n) is 3.89. The van der Waals surface area contributed by atoms with Crippen molar-refractivity contribution in [3.8, 4) is 0 Å². The fourth-order valence-corrected chi connectivity index (χ4v) is 1.22. The zero-order valence-electron chi connectivity index (χ0n) is 10.3. The third-order valence-electron chi connectivity index (χ3n) is 2.40. The van der Waals surface area contributed by atoms with E-state index < -0.39 is 0 Å². The molecule has 0 saturated carbocycles. The normalized spacial score (nSPS) is 13.0. The van der Waals surface area contributed by atoms with E-state index in [1.165, 1.54) is 6.42 Å². The van der Waals surface area contributed by atoms with E-state index in [1.54, 1.807) is 0 Å². The molecule has 0 radical (unpaired) electrons. The predicted molar refractivity (Wildman–Crippen MR) is 64.0 cm³/mol. The van der Waals surface area contributed by atoms with E-state index in [0.29, 0.717) is 12.6 Å². The fraction of sp³-hybridized carbons (Fsp3) is 1.00. The van der Waals surface area contributed by atoms with Crippen molar-refractivity contribution in [2.45, 2.75) is 52.0 Å². The summed E-state index contributed by atoms with van der Waals surface area (Å²) in [6.45, 7) is 7.39. The van der Waals surface area contributed by atoms with Crippen LogP contribution in [0.3, 0.4) is 0 Å². The average Bonchev–Trinajstić information content (AvgIpc) is 2.26. The highest BCUT2D eigenvalue weighted by Crippen LogP contribution is 1.98. The van der Waals surface area contributed by atoms with E-state index in [2.05, 4.69) is 13.8 Å². The maximum Gasteiger partial charge on any atom is 0.0700 e. The average molecular weight is 217 g/mol. The highest BCUT2D eigenvalue weighted by molar-refractivity contribution is 4.57. The van der Waals surface area contributed by atoms with Crippen LogP contribution in [0.1, 0.15) is 46.0 Å². The maximum absolute atomic E-state index is 5.79. The van der Waals surface area contributed by atoms with Crippen molar-refractivity contribution in [1.29, 1.82) is 0 Å². The largest absolute Gasteiger partial charge is 0.379 e. The number of unbranched alkanes of at least 4 members (excludes halogenated alkanes) is 1. The highest BCUT2D eigenvalue weighted by Gasteiger charge is 1.98. The van der Waals surface area contributed by atoms with Crippen molar-refractivity contribution in [3.63, 3.8) is 0 Å². The second kappa shape index (κ2) is 12.0. The molecule has 0 aliphatic rings. The van der Waals surface area contributed by atoms with Gasteiger partial charge in [-0.1, -0.05) is 20.3 Å². The van der Waals surface area contributed by atoms with E-state index >= 15 is 0 Å². The van der Waals surface area contributed by atoms with Crippen LogP contribution < -0.4 is 5.73 Å². The van der Waals surface area contributed by atoms with Gasteiger partial charge in [0.25, 0.3) is 0 Å². The summed E-state index contributed by atoms with van der Waals surface area (Å²) in [5, 5.41) is 0. The molecule has 3 nitrogen and oxygen atoms in total. The SMILES string of the molecule is CCCCOCCOCCCC(N)CC. The Balaban J connectivity index is 2.92. The monoisotopic (exact) mass is 217 g/mol. The number of nitrogens with two attached hydrogens (primary N) is 1. The van der Waals surface area contributed by atoms with Gasteiger partial charge in [0, 0.05) is 19.3 Å². The van der Waals surface area contributed by atoms with Gasteiger partial charge in [-0.15, -0.1) is 0 Å². The summed E-state index contributed by atoms with van der Waals surface area (Å²) in [5.74, 6) is 0. The molecule has 1 atom stereocenters. The first-order valence-corrected chi connectivity index (χ1v) is 6.22. The molecule has 0 aromatic heterocycles. The molecule has 92 valence electrons. The Labute approximate surface area is 94.3 Å². The van der Waals surface area contributed by atoms with Gasteiger partial charge in [0.15, 0.2) is 0 Å². The lowest BCUT2D eigenvalue weighted by molar-refractivity contribution is 0.0450. The van der Waals surface area contributed by atoms with Crippen LogP contribution in [-0.4, -0.2) is 32.5 Å². The summed E-state index contributed by atoms with van der Waals surface area (Å²) in [4.78, 5) is 0. The van der Waals surface area contributed by atoms with Gasteiger partial charge < -0.3 is 15.2 Å². The van der Waals surface area contributed by atoms with Crippen LogP contribution in [0.4, 0.5) is 0 Å². The van der Waals surface area contributed by atoms with Gasteiger partial charge >= 0.3 is 0 Å². The van der Waals surface area contributed by atoms with Crippen molar-refractivity contribution >= 4 is 0 Å². The predicted octanol–water partition coefficient (Wildman–Crippen LogP) is 2.34. The van der Waals surface area contributed by atoms with Gasteiger partial charge in [-0.2, -0.15) is 0 Å². The quantitative estimate of drug-likeness (QED) is 0.540. The fourth-order valence-electron chi connectivity index (χ4n) is 1.22. The first-order valence-electron chi connectivity index (χ1n) is 6.22. The minimum absolute atomic E-state index is 0.342. The molecule has 0 bridgehead atoms. The molecule has 0 rings (SSSR count). The molecule has 15 heavy (non-hydrogen) atoms. The Kier molecular flexibility index (Phi) is 11.9. The molecule has 0 aliphatic heterocycles. The number of hydrogen-bond acceptors (Lipinski definition) is 3. The lowest BCUT2D eigenvalue weighted by atomic mass is 10.1. The van der Waals surface area contributed by atoms with Crippen LogP contribution in [0.15, 0.2) is 0 Å². The van der Waals surface area contributed by atoms with Gasteiger partial charge in [0.05, 0.1) is 13.2 Å². The molecule has 3 heteroatoms. The number of ether oxygens (including phenoxy) is 2. The van der Waals surface area contributed by atoms with Crippen molar-refractivity contribution in [2.24, 2.45) is 5.73 Å². The third-order valence-corrected chi connectivity index (χ3v) is 2.40. The lowest BCUT2D eigenvalue weighted by Crippen LogP contribution is -2.19. The molecule has 0 aromatic rings. The topological polar surface area (TPSA) is 44.5 Å². The molecule has 1 unspecified atom stereocenters. The Hall–Kier alpha value is -0.120. The third kappa shape index (κ3) is 11.8. The smallest absolute Gasteiger partial charge is 0.0700 e. The first kappa shape index (κ1) is 14.9. The second-order valence-corrected chi connectivity index (χ2v) is 3.89. The van der Waals surface area contributed by atoms with E-state index in [4.69, 9.17) is 15.2 Å². The Morgan fingerprint density at radius 1 is 0.933 bits per heavy atom. The molecular formula is C12H27NO2. The van der Waals surface area contributed by atoms with Gasteiger partial charge in [-0.3, -0.25) is 0 Å².